The Morgan fingerprint density at radius 1 is 1.00 bits per heavy atom. The van der Waals surface area contributed by atoms with Gasteiger partial charge in [0.15, 0.2) is 0 Å². The monoisotopic (exact) mass is 484 g/mol. The third kappa shape index (κ3) is 6.46. The van der Waals surface area contributed by atoms with Crippen molar-refractivity contribution in [2.45, 2.75) is 110 Å². The van der Waals surface area contributed by atoms with E-state index in [-0.39, 0.29) is 23.8 Å². The standard InChI is InChI=1S/C16H26O3.C10H18O3S/c1-4-14(2,3)13(17)19-16-8-11-5-12(9-16)7-15(18,6-11)10-16;1-4-10(2,3)9(11)13-8-7-14-6-5-12-8/h11-12,18H,4-10H2,1-3H3;8H,4-7H2,1-3H3. The molecule has 0 aromatic heterocycles. The molecule has 3 unspecified atom stereocenters. The molecule has 5 fully saturated rings. The van der Waals surface area contributed by atoms with E-state index in [1.165, 1.54) is 6.42 Å². The van der Waals surface area contributed by atoms with Gasteiger partial charge in [0.2, 0.25) is 6.29 Å². The lowest BCUT2D eigenvalue weighted by atomic mass is 9.52. The van der Waals surface area contributed by atoms with Gasteiger partial charge in [0.05, 0.1) is 28.8 Å². The zero-order chi connectivity index (χ0) is 24.5. The van der Waals surface area contributed by atoms with Crippen LogP contribution in [0.2, 0.25) is 0 Å². The minimum atomic E-state index is -0.555. The summed E-state index contributed by atoms with van der Waals surface area (Å²) >= 11 is 1.76. The summed E-state index contributed by atoms with van der Waals surface area (Å²) < 4.78 is 16.6. The molecule has 1 saturated heterocycles. The van der Waals surface area contributed by atoms with Crippen molar-refractivity contribution in [1.82, 2.24) is 0 Å². The summed E-state index contributed by atoms with van der Waals surface area (Å²) in [5, 5.41) is 10.6. The number of thioether (sulfide) groups is 1. The van der Waals surface area contributed by atoms with Crippen molar-refractivity contribution in [3.8, 4) is 0 Å². The third-order valence-electron chi connectivity index (χ3n) is 8.18. The maximum atomic E-state index is 12.4. The highest BCUT2D eigenvalue weighted by molar-refractivity contribution is 7.99. The molecule has 0 aromatic rings. The molecule has 0 aromatic carbocycles. The summed E-state index contributed by atoms with van der Waals surface area (Å²) in [4.78, 5) is 24.0. The van der Waals surface area contributed by atoms with Gasteiger partial charge in [-0.25, -0.2) is 0 Å². The number of carbonyl (C=O) groups excluding carboxylic acids is 2. The first-order chi connectivity index (χ1) is 15.3. The number of hydrogen-bond donors (Lipinski definition) is 1. The van der Waals surface area contributed by atoms with Crippen molar-refractivity contribution in [2.24, 2.45) is 22.7 Å². The second kappa shape index (κ2) is 10.1. The fourth-order valence-electron chi connectivity index (χ4n) is 5.69. The lowest BCUT2D eigenvalue weighted by molar-refractivity contribution is -0.225. The Bertz CT molecular complexity index is 698. The summed E-state index contributed by atoms with van der Waals surface area (Å²) in [6.45, 7) is 12.4. The van der Waals surface area contributed by atoms with E-state index < -0.39 is 16.4 Å². The number of ether oxygens (including phenoxy) is 3. The molecule has 6 nitrogen and oxygen atoms in total. The van der Waals surface area contributed by atoms with Gasteiger partial charge in [-0.1, -0.05) is 13.8 Å². The van der Waals surface area contributed by atoms with Crippen molar-refractivity contribution < 1.29 is 28.9 Å². The smallest absolute Gasteiger partial charge is 0.313 e. The van der Waals surface area contributed by atoms with Crippen LogP contribution >= 0.6 is 11.8 Å². The van der Waals surface area contributed by atoms with E-state index >= 15 is 0 Å². The molecule has 33 heavy (non-hydrogen) atoms. The SMILES string of the molecule is CCC(C)(C)C(=O)OC12CC3CC(CC(O)(C3)C1)C2.CCC(C)(C)C(=O)OC1CSCCO1. The first-order valence-electron chi connectivity index (χ1n) is 12.7. The van der Waals surface area contributed by atoms with Crippen LogP contribution in [0.1, 0.15) is 92.9 Å². The first-order valence-corrected chi connectivity index (χ1v) is 13.8. The normalized spacial score (nSPS) is 35.4. The van der Waals surface area contributed by atoms with E-state index in [1.807, 2.05) is 41.5 Å². The zero-order valence-corrected chi connectivity index (χ0v) is 22.2. The molecule has 4 aliphatic carbocycles. The molecule has 1 N–H and O–H groups in total. The molecule has 5 rings (SSSR count). The molecular formula is C26H44O6S. The quantitative estimate of drug-likeness (QED) is 0.525. The molecule has 0 spiro atoms. The molecule has 3 atom stereocenters. The maximum absolute atomic E-state index is 12.4. The summed E-state index contributed by atoms with van der Waals surface area (Å²) in [5.74, 6) is 2.62. The Hall–Kier alpha value is -0.790. The van der Waals surface area contributed by atoms with Gasteiger partial charge >= 0.3 is 11.9 Å². The van der Waals surface area contributed by atoms with Gasteiger partial charge < -0.3 is 19.3 Å². The number of hydrogen-bond acceptors (Lipinski definition) is 7. The number of esters is 2. The highest BCUT2D eigenvalue weighted by Gasteiger charge is 2.59. The van der Waals surface area contributed by atoms with E-state index in [0.29, 0.717) is 24.9 Å². The van der Waals surface area contributed by atoms with E-state index in [1.54, 1.807) is 11.8 Å². The minimum absolute atomic E-state index is 0.0828. The van der Waals surface area contributed by atoms with Crippen LogP contribution in [0.5, 0.6) is 0 Å². The van der Waals surface area contributed by atoms with Crippen molar-refractivity contribution >= 4 is 23.7 Å². The highest BCUT2D eigenvalue weighted by Crippen LogP contribution is 2.59. The Morgan fingerprint density at radius 3 is 2.06 bits per heavy atom. The predicted molar refractivity (Wildman–Crippen MR) is 130 cm³/mol. The summed E-state index contributed by atoms with van der Waals surface area (Å²) in [6, 6.07) is 0. The van der Waals surface area contributed by atoms with Gasteiger partial charge in [-0.05, 0) is 84.5 Å². The van der Waals surface area contributed by atoms with E-state index in [0.717, 1.165) is 50.0 Å². The summed E-state index contributed by atoms with van der Waals surface area (Å²) in [5.41, 5.74) is -1.72. The van der Waals surface area contributed by atoms with Gasteiger partial charge in [-0.15, -0.1) is 0 Å². The average Bonchev–Trinajstić information content (AvgIpc) is 2.72. The molecule has 0 radical (unpaired) electrons. The van der Waals surface area contributed by atoms with Crippen LogP contribution in [-0.4, -0.2) is 52.6 Å². The van der Waals surface area contributed by atoms with Crippen LogP contribution in [0.4, 0.5) is 0 Å². The van der Waals surface area contributed by atoms with Gasteiger partial charge in [0, 0.05) is 12.2 Å². The molecule has 4 saturated carbocycles. The van der Waals surface area contributed by atoms with Crippen LogP contribution in [0.15, 0.2) is 0 Å². The average molecular weight is 485 g/mol. The van der Waals surface area contributed by atoms with Gasteiger partial charge in [0.1, 0.15) is 5.60 Å². The Morgan fingerprint density at radius 2 is 1.58 bits per heavy atom. The molecule has 190 valence electrons. The molecule has 5 aliphatic rings. The fourth-order valence-corrected chi connectivity index (χ4v) is 6.42. The largest absolute Gasteiger partial charge is 0.459 e. The maximum Gasteiger partial charge on any atom is 0.313 e. The molecule has 1 aliphatic heterocycles. The first kappa shape index (κ1) is 26.8. The second-order valence-corrected chi connectivity index (χ2v) is 13.2. The van der Waals surface area contributed by atoms with Gasteiger partial charge in [-0.3, -0.25) is 9.59 Å². The minimum Gasteiger partial charge on any atom is -0.459 e. The van der Waals surface area contributed by atoms with Crippen LogP contribution in [-0.2, 0) is 23.8 Å². The van der Waals surface area contributed by atoms with E-state index in [9.17, 15) is 14.7 Å². The highest BCUT2D eigenvalue weighted by atomic mass is 32.2. The number of carbonyl (C=O) groups is 2. The van der Waals surface area contributed by atoms with E-state index in [4.69, 9.17) is 14.2 Å². The molecule has 0 amide bonds. The van der Waals surface area contributed by atoms with Crippen molar-refractivity contribution in [3.63, 3.8) is 0 Å². The molecule has 4 bridgehead atoms. The van der Waals surface area contributed by atoms with Crippen molar-refractivity contribution in [1.29, 1.82) is 0 Å². The van der Waals surface area contributed by atoms with Gasteiger partial charge in [0.25, 0.3) is 0 Å². The lowest BCUT2D eigenvalue weighted by Gasteiger charge is -2.59. The van der Waals surface area contributed by atoms with Crippen LogP contribution < -0.4 is 0 Å². The lowest BCUT2D eigenvalue weighted by Crippen LogP contribution is -2.61. The molecule has 7 heteroatoms. The number of aliphatic hydroxyl groups is 1. The number of rotatable bonds is 6. The van der Waals surface area contributed by atoms with Crippen LogP contribution in [0, 0.1) is 22.7 Å². The Kier molecular flexibility index (Phi) is 8.17. The topological polar surface area (TPSA) is 82.1 Å². The van der Waals surface area contributed by atoms with E-state index in [2.05, 4.69) is 0 Å². The Labute approximate surface area is 203 Å². The second-order valence-electron chi connectivity index (χ2n) is 12.0. The predicted octanol–water partition coefficient (Wildman–Crippen LogP) is 5.10. The van der Waals surface area contributed by atoms with Crippen molar-refractivity contribution in [2.75, 3.05) is 18.1 Å². The molecular weight excluding hydrogens is 440 g/mol. The van der Waals surface area contributed by atoms with Gasteiger partial charge in [-0.2, -0.15) is 11.8 Å². The van der Waals surface area contributed by atoms with Crippen LogP contribution in [0.3, 0.4) is 0 Å². The molecule has 1 heterocycles. The zero-order valence-electron chi connectivity index (χ0n) is 21.4. The third-order valence-corrected chi connectivity index (χ3v) is 9.15. The van der Waals surface area contributed by atoms with Crippen molar-refractivity contribution in [3.05, 3.63) is 0 Å². The van der Waals surface area contributed by atoms with Crippen LogP contribution in [0.25, 0.3) is 0 Å². The summed E-state index contributed by atoms with van der Waals surface area (Å²) in [7, 11) is 0. The summed E-state index contributed by atoms with van der Waals surface area (Å²) in [6.07, 6.45) is 6.89. The Balaban J connectivity index is 0.000000196. The fraction of sp³-hybridized carbons (Fsp3) is 0.923.